The second-order valence-corrected chi connectivity index (χ2v) is 4.67. The van der Waals surface area contributed by atoms with Crippen molar-refractivity contribution in [3.05, 3.63) is 54.1 Å². The predicted molar refractivity (Wildman–Crippen MR) is 89.9 cm³/mol. The zero-order valence-electron chi connectivity index (χ0n) is 12.8. The van der Waals surface area contributed by atoms with Crippen LogP contribution in [0.4, 0.5) is 5.69 Å². The molecule has 0 aliphatic heterocycles. The number of phenols is 1. The normalized spacial score (nSPS) is 10.5. The summed E-state index contributed by atoms with van der Waals surface area (Å²) in [5.41, 5.74) is 4.01. The molecule has 0 heterocycles. The monoisotopic (exact) mass is 313 g/mol. The number of hydrazone groups is 1. The van der Waals surface area contributed by atoms with Crippen LogP contribution >= 0.6 is 0 Å². The summed E-state index contributed by atoms with van der Waals surface area (Å²) in [5, 5.41) is 16.5. The molecule has 2 rings (SSSR count). The van der Waals surface area contributed by atoms with Gasteiger partial charge in [-0.15, -0.1) is 0 Å². The SMILES string of the molecule is CCOc1cc(/C=N/NC(=O)CNc2ccccc2)ccc1O. The van der Waals surface area contributed by atoms with Crippen LogP contribution in [0.25, 0.3) is 0 Å². The number of hydrogen-bond donors (Lipinski definition) is 3. The molecule has 0 fully saturated rings. The highest BCUT2D eigenvalue weighted by Gasteiger charge is 2.02. The van der Waals surface area contributed by atoms with Gasteiger partial charge in [-0.25, -0.2) is 5.43 Å². The van der Waals surface area contributed by atoms with E-state index in [1.807, 2.05) is 37.3 Å². The number of rotatable bonds is 7. The highest BCUT2D eigenvalue weighted by molar-refractivity contribution is 5.84. The van der Waals surface area contributed by atoms with Crippen molar-refractivity contribution in [3.8, 4) is 11.5 Å². The topological polar surface area (TPSA) is 83.0 Å². The fourth-order valence-electron chi connectivity index (χ4n) is 1.84. The summed E-state index contributed by atoms with van der Waals surface area (Å²) < 4.78 is 5.28. The maximum atomic E-state index is 11.7. The van der Waals surface area contributed by atoms with Crippen molar-refractivity contribution in [1.82, 2.24) is 5.43 Å². The van der Waals surface area contributed by atoms with Gasteiger partial charge in [-0.2, -0.15) is 5.10 Å². The van der Waals surface area contributed by atoms with E-state index in [4.69, 9.17) is 4.74 Å². The van der Waals surface area contributed by atoms with Gasteiger partial charge in [-0.05, 0) is 42.8 Å². The summed E-state index contributed by atoms with van der Waals surface area (Å²) in [6, 6.07) is 14.3. The number of carbonyl (C=O) groups is 1. The van der Waals surface area contributed by atoms with E-state index in [0.29, 0.717) is 17.9 Å². The highest BCUT2D eigenvalue weighted by Crippen LogP contribution is 2.26. The van der Waals surface area contributed by atoms with E-state index in [2.05, 4.69) is 15.8 Å². The minimum Gasteiger partial charge on any atom is -0.504 e. The van der Waals surface area contributed by atoms with Gasteiger partial charge in [0.15, 0.2) is 11.5 Å². The number of phenolic OH excluding ortho intramolecular Hbond substituents is 1. The van der Waals surface area contributed by atoms with Gasteiger partial charge in [0, 0.05) is 5.69 Å². The first-order valence-electron chi connectivity index (χ1n) is 7.25. The second kappa shape index (κ2) is 8.43. The van der Waals surface area contributed by atoms with E-state index < -0.39 is 0 Å². The Bertz CT molecular complexity index is 672. The third-order valence-electron chi connectivity index (χ3n) is 2.91. The van der Waals surface area contributed by atoms with Crippen molar-refractivity contribution in [2.45, 2.75) is 6.92 Å². The molecule has 0 spiro atoms. The summed E-state index contributed by atoms with van der Waals surface area (Å²) in [4.78, 5) is 11.7. The number of para-hydroxylation sites is 1. The van der Waals surface area contributed by atoms with Crippen LogP contribution in [0.5, 0.6) is 11.5 Å². The van der Waals surface area contributed by atoms with Crippen LogP contribution in [0.1, 0.15) is 12.5 Å². The standard InChI is InChI=1S/C17H19N3O3/c1-2-23-16-10-13(8-9-15(16)21)11-19-20-17(22)12-18-14-6-4-3-5-7-14/h3-11,18,21H,2,12H2,1H3,(H,20,22)/b19-11+. The van der Waals surface area contributed by atoms with Crippen molar-refractivity contribution >= 4 is 17.8 Å². The molecule has 0 aliphatic rings. The number of hydrogen-bond acceptors (Lipinski definition) is 5. The average molecular weight is 313 g/mol. The zero-order valence-corrected chi connectivity index (χ0v) is 12.8. The second-order valence-electron chi connectivity index (χ2n) is 4.67. The number of anilines is 1. The van der Waals surface area contributed by atoms with Crippen LogP contribution in [-0.4, -0.2) is 30.4 Å². The number of nitrogens with zero attached hydrogens (tertiary/aromatic N) is 1. The molecular formula is C17H19N3O3. The van der Waals surface area contributed by atoms with Crippen molar-refractivity contribution in [1.29, 1.82) is 0 Å². The fraction of sp³-hybridized carbons (Fsp3) is 0.176. The molecule has 0 atom stereocenters. The van der Waals surface area contributed by atoms with Gasteiger partial charge < -0.3 is 15.2 Å². The third kappa shape index (κ3) is 5.35. The molecular weight excluding hydrogens is 294 g/mol. The molecule has 0 saturated carbocycles. The van der Waals surface area contributed by atoms with Gasteiger partial charge in [0.05, 0.1) is 19.4 Å². The molecule has 2 aromatic carbocycles. The van der Waals surface area contributed by atoms with Crippen LogP contribution < -0.4 is 15.5 Å². The summed E-state index contributed by atoms with van der Waals surface area (Å²) in [7, 11) is 0. The Kier molecular flexibility index (Phi) is 5.99. The Labute approximate surface area is 134 Å². The predicted octanol–water partition coefficient (Wildman–Crippen LogP) is 2.35. The minimum atomic E-state index is -0.256. The van der Waals surface area contributed by atoms with Gasteiger partial charge >= 0.3 is 0 Å². The van der Waals surface area contributed by atoms with E-state index >= 15 is 0 Å². The summed E-state index contributed by atoms with van der Waals surface area (Å²) >= 11 is 0. The van der Waals surface area contributed by atoms with Crippen molar-refractivity contribution in [2.75, 3.05) is 18.5 Å². The largest absolute Gasteiger partial charge is 0.504 e. The number of carbonyl (C=O) groups excluding carboxylic acids is 1. The number of nitrogens with one attached hydrogen (secondary N) is 2. The fourth-order valence-corrected chi connectivity index (χ4v) is 1.84. The number of aromatic hydroxyl groups is 1. The first-order valence-corrected chi connectivity index (χ1v) is 7.25. The first kappa shape index (κ1) is 16.4. The lowest BCUT2D eigenvalue weighted by molar-refractivity contribution is -0.119. The molecule has 2 aromatic rings. The van der Waals surface area contributed by atoms with Gasteiger partial charge in [0.1, 0.15) is 0 Å². The number of amides is 1. The van der Waals surface area contributed by atoms with Gasteiger partial charge in [0.2, 0.25) is 0 Å². The molecule has 0 aliphatic carbocycles. The van der Waals surface area contributed by atoms with Gasteiger partial charge in [-0.3, -0.25) is 4.79 Å². The minimum absolute atomic E-state index is 0.0695. The molecule has 0 radical (unpaired) electrons. The van der Waals surface area contributed by atoms with Crippen LogP contribution in [-0.2, 0) is 4.79 Å². The quantitative estimate of drug-likeness (QED) is 0.541. The molecule has 0 bridgehead atoms. The van der Waals surface area contributed by atoms with E-state index in [1.165, 1.54) is 12.3 Å². The van der Waals surface area contributed by atoms with Gasteiger partial charge in [0.25, 0.3) is 5.91 Å². The molecule has 6 heteroatoms. The molecule has 0 unspecified atom stereocenters. The van der Waals surface area contributed by atoms with Crippen molar-refractivity contribution in [2.24, 2.45) is 5.10 Å². The van der Waals surface area contributed by atoms with Gasteiger partial charge in [-0.1, -0.05) is 18.2 Å². The molecule has 120 valence electrons. The van der Waals surface area contributed by atoms with Crippen LogP contribution in [0.2, 0.25) is 0 Å². The van der Waals surface area contributed by atoms with E-state index in [9.17, 15) is 9.90 Å². The lowest BCUT2D eigenvalue weighted by atomic mass is 10.2. The Morgan fingerprint density at radius 3 is 2.78 bits per heavy atom. The maximum absolute atomic E-state index is 11.7. The van der Waals surface area contributed by atoms with Crippen LogP contribution in [0, 0.1) is 0 Å². The lowest BCUT2D eigenvalue weighted by Gasteiger charge is -2.06. The van der Waals surface area contributed by atoms with Crippen LogP contribution in [0.3, 0.4) is 0 Å². The Morgan fingerprint density at radius 1 is 1.26 bits per heavy atom. The summed E-state index contributed by atoms with van der Waals surface area (Å²) in [5.74, 6) is 0.197. The van der Waals surface area contributed by atoms with Crippen LogP contribution in [0.15, 0.2) is 53.6 Å². The smallest absolute Gasteiger partial charge is 0.259 e. The highest BCUT2D eigenvalue weighted by atomic mass is 16.5. The Hall–Kier alpha value is -3.02. The van der Waals surface area contributed by atoms with E-state index in [0.717, 1.165) is 5.69 Å². The molecule has 3 N–H and O–H groups in total. The molecule has 23 heavy (non-hydrogen) atoms. The number of ether oxygens (including phenoxy) is 1. The Balaban J connectivity index is 1.84. The van der Waals surface area contributed by atoms with Crippen molar-refractivity contribution < 1.29 is 14.6 Å². The molecule has 6 nitrogen and oxygen atoms in total. The van der Waals surface area contributed by atoms with E-state index in [1.54, 1.807) is 12.1 Å². The summed E-state index contributed by atoms with van der Waals surface area (Å²) in [6.45, 7) is 2.41. The molecule has 1 amide bonds. The zero-order chi connectivity index (χ0) is 16.5. The molecule has 0 saturated heterocycles. The maximum Gasteiger partial charge on any atom is 0.259 e. The third-order valence-corrected chi connectivity index (χ3v) is 2.91. The van der Waals surface area contributed by atoms with Crippen molar-refractivity contribution in [3.63, 3.8) is 0 Å². The molecule has 0 aromatic heterocycles. The number of benzene rings is 2. The summed E-state index contributed by atoms with van der Waals surface area (Å²) in [6.07, 6.45) is 1.49. The lowest BCUT2D eigenvalue weighted by Crippen LogP contribution is -2.25. The van der Waals surface area contributed by atoms with E-state index in [-0.39, 0.29) is 18.2 Å². The average Bonchev–Trinajstić information content (AvgIpc) is 2.57. The Morgan fingerprint density at radius 2 is 2.04 bits per heavy atom. The first-order chi connectivity index (χ1) is 11.2.